The van der Waals surface area contributed by atoms with E-state index in [9.17, 15) is 4.79 Å². The molecule has 0 saturated heterocycles. The quantitative estimate of drug-likeness (QED) is 0.562. The van der Waals surface area contributed by atoms with Gasteiger partial charge in [0.2, 0.25) is 0 Å². The number of rotatable bonds is 4. The molecule has 1 aromatic carbocycles. The van der Waals surface area contributed by atoms with E-state index in [0.29, 0.717) is 17.6 Å². The molecule has 3 aromatic heterocycles. The topological polar surface area (TPSA) is 63.9 Å². The van der Waals surface area contributed by atoms with Gasteiger partial charge < -0.3 is 4.90 Å². The highest BCUT2D eigenvalue weighted by Crippen LogP contribution is 2.23. The predicted octanol–water partition coefficient (Wildman–Crippen LogP) is 2.97. The summed E-state index contributed by atoms with van der Waals surface area (Å²) < 4.78 is 1.59. The zero-order valence-corrected chi connectivity index (χ0v) is 15.2. The minimum Gasteiger partial charge on any atom is -0.363 e. The first kappa shape index (κ1) is 16.9. The highest BCUT2D eigenvalue weighted by atomic mass is 16.1. The molecule has 0 spiro atoms. The molecule has 4 aromatic rings. The molecule has 0 bridgehead atoms. The van der Waals surface area contributed by atoms with Gasteiger partial charge in [-0.05, 0) is 47.0 Å². The van der Waals surface area contributed by atoms with Gasteiger partial charge >= 0.3 is 0 Å². The summed E-state index contributed by atoms with van der Waals surface area (Å²) in [5.41, 5.74) is 4.06. The molecule has 4 rings (SSSR count). The molecular weight excluding hydrogens is 338 g/mol. The average Bonchev–Trinajstić information content (AvgIpc) is 2.71. The predicted molar refractivity (Wildman–Crippen MR) is 107 cm³/mol. The fourth-order valence-electron chi connectivity index (χ4n) is 2.99. The first-order chi connectivity index (χ1) is 13.1. The number of benzene rings is 1. The van der Waals surface area contributed by atoms with Crippen LogP contribution in [0.2, 0.25) is 0 Å². The third kappa shape index (κ3) is 3.42. The fraction of sp³-hybridized carbons (Fsp3) is 0.143. The third-order valence-corrected chi connectivity index (χ3v) is 4.40. The maximum Gasteiger partial charge on any atom is 0.280 e. The molecule has 134 valence electrons. The number of hydrogen-bond donors (Lipinski definition) is 0. The van der Waals surface area contributed by atoms with Crippen LogP contribution in [0.1, 0.15) is 5.56 Å². The number of nitrogens with zero attached hydrogens (tertiary/aromatic N) is 5. The molecule has 0 atom stereocenters. The Morgan fingerprint density at radius 1 is 0.926 bits per heavy atom. The Labute approximate surface area is 156 Å². The number of pyridine rings is 2. The fourth-order valence-corrected chi connectivity index (χ4v) is 2.99. The zero-order chi connectivity index (χ0) is 18.8. The Morgan fingerprint density at radius 3 is 2.63 bits per heavy atom. The second-order valence-electron chi connectivity index (χ2n) is 6.55. The second-order valence-corrected chi connectivity index (χ2v) is 6.55. The minimum absolute atomic E-state index is 0.134. The van der Waals surface area contributed by atoms with Crippen LogP contribution in [-0.2, 0) is 6.54 Å². The van der Waals surface area contributed by atoms with Gasteiger partial charge in [0.1, 0.15) is 5.82 Å². The molecule has 0 radical (unpaired) electrons. The second kappa shape index (κ2) is 6.99. The van der Waals surface area contributed by atoms with Crippen LogP contribution in [0.3, 0.4) is 0 Å². The molecule has 3 heterocycles. The van der Waals surface area contributed by atoms with Crippen LogP contribution in [-0.4, -0.2) is 33.6 Å². The summed E-state index contributed by atoms with van der Waals surface area (Å²) in [6.07, 6.45) is 5.00. The van der Waals surface area contributed by atoms with E-state index >= 15 is 0 Å². The van der Waals surface area contributed by atoms with Gasteiger partial charge in [-0.2, -0.15) is 0 Å². The van der Waals surface area contributed by atoms with Crippen molar-refractivity contribution >= 4 is 16.9 Å². The summed E-state index contributed by atoms with van der Waals surface area (Å²) in [7, 11) is 3.94. The number of hydrogen-bond acceptors (Lipinski definition) is 5. The van der Waals surface area contributed by atoms with Crippen molar-refractivity contribution < 1.29 is 0 Å². The first-order valence-electron chi connectivity index (χ1n) is 8.65. The molecule has 0 amide bonds. The van der Waals surface area contributed by atoms with Crippen LogP contribution < -0.4 is 10.5 Å². The summed E-state index contributed by atoms with van der Waals surface area (Å²) in [6, 6.07) is 15.8. The average molecular weight is 357 g/mol. The van der Waals surface area contributed by atoms with Crippen molar-refractivity contribution in [3.63, 3.8) is 0 Å². The summed E-state index contributed by atoms with van der Waals surface area (Å²) >= 11 is 0. The van der Waals surface area contributed by atoms with E-state index in [2.05, 4.69) is 27.1 Å². The van der Waals surface area contributed by atoms with Crippen molar-refractivity contribution in [2.45, 2.75) is 6.54 Å². The molecule has 0 saturated carbocycles. The largest absolute Gasteiger partial charge is 0.363 e. The highest BCUT2D eigenvalue weighted by molar-refractivity contribution is 5.72. The summed E-state index contributed by atoms with van der Waals surface area (Å²) in [5.74, 6) is 0.902. The molecule has 0 N–H and O–H groups in total. The maximum atomic E-state index is 12.7. The zero-order valence-electron chi connectivity index (χ0n) is 15.2. The standard InChI is InChI=1S/C21H19N5O/c1-25(2)19-12-17(8-10-22-19)16-6-3-5-15(11-16)13-26-14-24-18-7-4-9-23-20(18)21(26)27/h3-12,14H,13H2,1-2H3. The Bertz CT molecular complexity index is 1170. The lowest BCUT2D eigenvalue weighted by molar-refractivity contribution is 0.746. The Balaban J connectivity index is 1.69. The van der Waals surface area contributed by atoms with Crippen LogP contribution in [0.25, 0.3) is 22.2 Å². The van der Waals surface area contributed by atoms with E-state index in [1.54, 1.807) is 35.4 Å². The van der Waals surface area contributed by atoms with Crippen molar-refractivity contribution in [1.29, 1.82) is 0 Å². The minimum atomic E-state index is -0.134. The first-order valence-corrected chi connectivity index (χ1v) is 8.65. The lowest BCUT2D eigenvalue weighted by Crippen LogP contribution is -2.21. The van der Waals surface area contributed by atoms with Gasteiger partial charge in [-0.25, -0.2) is 15.0 Å². The van der Waals surface area contributed by atoms with Gasteiger partial charge in [0.25, 0.3) is 5.56 Å². The van der Waals surface area contributed by atoms with Crippen LogP contribution in [0.4, 0.5) is 5.82 Å². The van der Waals surface area contributed by atoms with E-state index in [-0.39, 0.29) is 5.56 Å². The van der Waals surface area contributed by atoms with E-state index in [4.69, 9.17) is 0 Å². The lowest BCUT2D eigenvalue weighted by Gasteiger charge is -2.13. The summed E-state index contributed by atoms with van der Waals surface area (Å²) in [5, 5.41) is 0. The van der Waals surface area contributed by atoms with E-state index in [1.807, 2.05) is 43.3 Å². The van der Waals surface area contributed by atoms with Crippen LogP contribution >= 0.6 is 0 Å². The smallest absolute Gasteiger partial charge is 0.280 e. The molecule has 0 fully saturated rings. The summed E-state index contributed by atoms with van der Waals surface area (Å²) in [4.78, 5) is 27.5. The van der Waals surface area contributed by atoms with Crippen molar-refractivity contribution in [1.82, 2.24) is 19.5 Å². The molecule has 27 heavy (non-hydrogen) atoms. The third-order valence-electron chi connectivity index (χ3n) is 4.40. The number of aromatic nitrogens is 4. The van der Waals surface area contributed by atoms with Crippen molar-refractivity contribution in [2.75, 3.05) is 19.0 Å². The molecule has 6 heteroatoms. The molecule has 6 nitrogen and oxygen atoms in total. The van der Waals surface area contributed by atoms with Gasteiger partial charge in [-0.3, -0.25) is 9.36 Å². The monoisotopic (exact) mass is 357 g/mol. The van der Waals surface area contributed by atoms with Crippen molar-refractivity contribution in [3.05, 3.63) is 83.2 Å². The van der Waals surface area contributed by atoms with Crippen LogP contribution in [0.5, 0.6) is 0 Å². The van der Waals surface area contributed by atoms with Gasteiger partial charge in [0.05, 0.1) is 18.4 Å². The molecule has 0 aliphatic carbocycles. The Morgan fingerprint density at radius 2 is 1.78 bits per heavy atom. The molecular formula is C21H19N5O. The molecule has 0 unspecified atom stereocenters. The number of anilines is 1. The van der Waals surface area contributed by atoms with Crippen molar-refractivity contribution in [2.24, 2.45) is 0 Å². The van der Waals surface area contributed by atoms with Gasteiger partial charge in [0.15, 0.2) is 5.52 Å². The van der Waals surface area contributed by atoms with Crippen LogP contribution in [0.15, 0.2) is 72.0 Å². The highest BCUT2D eigenvalue weighted by Gasteiger charge is 2.07. The lowest BCUT2D eigenvalue weighted by atomic mass is 10.0. The van der Waals surface area contributed by atoms with Gasteiger partial charge in [-0.1, -0.05) is 18.2 Å². The van der Waals surface area contributed by atoms with Gasteiger partial charge in [0, 0.05) is 26.5 Å². The van der Waals surface area contributed by atoms with E-state index < -0.39 is 0 Å². The Hall–Kier alpha value is -3.54. The Kier molecular flexibility index (Phi) is 4.38. The molecule has 0 aliphatic rings. The van der Waals surface area contributed by atoms with E-state index in [0.717, 1.165) is 22.5 Å². The normalized spacial score (nSPS) is 10.9. The van der Waals surface area contributed by atoms with Crippen LogP contribution in [0, 0.1) is 0 Å². The number of fused-ring (bicyclic) bond motifs is 1. The maximum absolute atomic E-state index is 12.7. The summed E-state index contributed by atoms with van der Waals surface area (Å²) in [6.45, 7) is 0.442. The molecule has 0 aliphatic heterocycles. The SMILES string of the molecule is CN(C)c1cc(-c2cccc(Cn3cnc4cccnc4c3=O)c2)ccn1. The van der Waals surface area contributed by atoms with E-state index in [1.165, 1.54) is 0 Å². The van der Waals surface area contributed by atoms with Gasteiger partial charge in [-0.15, -0.1) is 0 Å². The van der Waals surface area contributed by atoms with Crippen molar-refractivity contribution in [3.8, 4) is 11.1 Å².